The molecular formula is C19H18Cl2O2. The van der Waals surface area contributed by atoms with Crippen molar-refractivity contribution in [2.75, 3.05) is 6.61 Å². The molecule has 1 heterocycles. The van der Waals surface area contributed by atoms with Gasteiger partial charge in [0.05, 0.1) is 22.6 Å². The van der Waals surface area contributed by atoms with E-state index in [2.05, 4.69) is 19.1 Å². The molecule has 1 aliphatic heterocycles. The van der Waals surface area contributed by atoms with Crippen molar-refractivity contribution in [3.05, 3.63) is 69.2 Å². The van der Waals surface area contributed by atoms with Gasteiger partial charge in [-0.3, -0.25) is 4.79 Å². The molecule has 0 aromatic heterocycles. The normalized spacial score (nSPS) is 20.6. The first kappa shape index (κ1) is 16.4. The van der Waals surface area contributed by atoms with Gasteiger partial charge in [-0.2, -0.15) is 0 Å². The molecule has 2 aromatic rings. The molecule has 3 rings (SSSR count). The average Bonchev–Trinajstić information content (AvgIpc) is 2.86. The highest BCUT2D eigenvalue weighted by Gasteiger charge is 2.37. The predicted octanol–water partition coefficient (Wildman–Crippen LogP) is 4.88. The van der Waals surface area contributed by atoms with Crippen molar-refractivity contribution >= 4 is 29.2 Å². The van der Waals surface area contributed by atoms with E-state index in [9.17, 15) is 4.79 Å². The highest BCUT2D eigenvalue weighted by molar-refractivity contribution is 6.42. The van der Waals surface area contributed by atoms with Crippen LogP contribution in [0.1, 0.15) is 16.7 Å². The Morgan fingerprint density at radius 1 is 1.09 bits per heavy atom. The van der Waals surface area contributed by atoms with Gasteiger partial charge in [0.1, 0.15) is 0 Å². The Kier molecular flexibility index (Phi) is 4.93. The number of esters is 1. The van der Waals surface area contributed by atoms with Crippen molar-refractivity contribution in [3.63, 3.8) is 0 Å². The van der Waals surface area contributed by atoms with Gasteiger partial charge in [0.2, 0.25) is 0 Å². The van der Waals surface area contributed by atoms with Gasteiger partial charge in [-0.25, -0.2) is 0 Å². The zero-order valence-electron chi connectivity index (χ0n) is 12.9. The Morgan fingerprint density at radius 3 is 2.61 bits per heavy atom. The summed E-state index contributed by atoms with van der Waals surface area (Å²) in [5.41, 5.74) is 3.54. The van der Waals surface area contributed by atoms with Crippen molar-refractivity contribution in [1.29, 1.82) is 0 Å². The molecule has 1 aliphatic rings. The second-order valence-electron chi connectivity index (χ2n) is 6.08. The summed E-state index contributed by atoms with van der Waals surface area (Å²) >= 11 is 12.0. The van der Waals surface area contributed by atoms with E-state index in [0.29, 0.717) is 23.1 Å². The molecule has 0 amide bonds. The minimum Gasteiger partial charge on any atom is -0.465 e. The van der Waals surface area contributed by atoms with Crippen molar-refractivity contribution < 1.29 is 9.53 Å². The molecule has 4 heteroatoms. The summed E-state index contributed by atoms with van der Waals surface area (Å²) in [6, 6.07) is 13.8. The number of aryl methyl sites for hydroxylation is 1. The molecular weight excluding hydrogens is 331 g/mol. The minimum atomic E-state index is -0.133. The fourth-order valence-corrected chi connectivity index (χ4v) is 3.42. The number of carbonyl (C=O) groups excluding carboxylic acids is 1. The van der Waals surface area contributed by atoms with Gasteiger partial charge >= 0.3 is 5.97 Å². The molecule has 0 bridgehead atoms. The molecule has 0 unspecified atom stereocenters. The summed E-state index contributed by atoms with van der Waals surface area (Å²) in [6.45, 7) is 2.58. The lowest BCUT2D eigenvalue weighted by Gasteiger charge is -2.17. The van der Waals surface area contributed by atoms with Gasteiger partial charge in [0.25, 0.3) is 0 Å². The Labute approximate surface area is 146 Å². The van der Waals surface area contributed by atoms with Gasteiger partial charge in [0, 0.05) is 5.92 Å². The van der Waals surface area contributed by atoms with Crippen LogP contribution < -0.4 is 0 Å². The van der Waals surface area contributed by atoms with Crippen LogP contribution in [0.15, 0.2) is 42.5 Å². The molecule has 1 saturated heterocycles. The lowest BCUT2D eigenvalue weighted by molar-refractivity contribution is -0.141. The van der Waals surface area contributed by atoms with Gasteiger partial charge in [0.15, 0.2) is 0 Å². The standard InChI is InChI=1S/C19H18Cl2O2/c1-12-4-2-3-5-14(12)10-15-11-23-19(22)16(15)8-13-6-7-17(20)18(21)9-13/h2-7,9,15-16H,8,10-11H2,1H3/t15-,16+/m0/s1. The zero-order valence-corrected chi connectivity index (χ0v) is 14.4. The Morgan fingerprint density at radius 2 is 1.87 bits per heavy atom. The number of rotatable bonds is 4. The van der Waals surface area contributed by atoms with Gasteiger partial charge in [-0.05, 0) is 48.6 Å². The SMILES string of the molecule is Cc1ccccc1C[C@H]1COC(=O)[C@@H]1Cc1ccc(Cl)c(Cl)c1. The maximum absolute atomic E-state index is 12.1. The third-order valence-electron chi connectivity index (χ3n) is 4.49. The maximum atomic E-state index is 12.1. The summed E-state index contributed by atoms with van der Waals surface area (Å²) in [7, 11) is 0. The van der Waals surface area contributed by atoms with E-state index in [-0.39, 0.29) is 17.8 Å². The molecule has 2 atom stereocenters. The van der Waals surface area contributed by atoms with E-state index in [1.165, 1.54) is 11.1 Å². The molecule has 2 aromatic carbocycles. The Bertz CT molecular complexity index is 727. The topological polar surface area (TPSA) is 26.3 Å². The van der Waals surface area contributed by atoms with Crippen LogP contribution in [0, 0.1) is 18.8 Å². The second-order valence-corrected chi connectivity index (χ2v) is 6.89. The number of halogens is 2. The molecule has 0 saturated carbocycles. The molecule has 1 fully saturated rings. The number of ether oxygens (including phenoxy) is 1. The molecule has 23 heavy (non-hydrogen) atoms. The van der Waals surface area contributed by atoms with Crippen LogP contribution >= 0.6 is 23.2 Å². The summed E-state index contributed by atoms with van der Waals surface area (Å²) in [5, 5.41) is 1.05. The Hall–Kier alpha value is -1.51. The van der Waals surface area contributed by atoms with E-state index >= 15 is 0 Å². The van der Waals surface area contributed by atoms with Crippen molar-refractivity contribution in [1.82, 2.24) is 0 Å². The van der Waals surface area contributed by atoms with Crippen LogP contribution in [-0.2, 0) is 22.4 Å². The molecule has 0 spiro atoms. The second kappa shape index (κ2) is 6.94. The molecule has 0 aliphatic carbocycles. The molecule has 2 nitrogen and oxygen atoms in total. The van der Waals surface area contributed by atoms with Crippen LogP contribution in [0.3, 0.4) is 0 Å². The van der Waals surface area contributed by atoms with Crippen molar-refractivity contribution in [2.24, 2.45) is 11.8 Å². The number of hydrogen-bond donors (Lipinski definition) is 0. The van der Waals surface area contributed by atoms with Crippen LogP contribution in [0.2, 0.25) is 10.0 Å². The van der Waals surface area contributed by atoms with E-state index in [1.807, 2.05) is 24.3 Å². The van der Waals surface area contributed by atoms with Crippen LogP contribution in [-0.4, -0.2) is 12.6 Å². The minimum absolute atomic E-state index is 0.116. The quantitative estimate of drug-likeness (QED) is 0.736. The molecule has 120 valence electrons. The average molecular weight is 349 g/mol. The fourth-order valence-electron chi connectivity index (χ4n) is 3.10. The van der Waals surface area contributed by atoms with Crippen LogP contribution in [0.25, 0.3) is 0 Å². The van der Waals surface area contributed by atoms with E-state index in [4.69, 9.17) is 27.9 Å². The zero-order chi connectivity index (χ0) is 16.4. The first-order chi connectivity index (χ1) is 11.0. The Balaban J connectivity index is 1.77. The van der Waals surface area contributed by atoms with Gasteiger partial charge in [-0.15, -0.1) is 0 Å². The van der Waals surface area contributed by atoms with Gasteiger partial charge < -0.3 is 4.74 Å². The number of cyclic esters (lactones) is 1. The van der Waals surface area contributed by atoms with E-state index in [0.717, 1.165) is 12.0 Å². The number of carbonyl (C=O) groups is 1. The smallest absolute Gasteiger partial charge is 0.309 e. The van der Waals surface area contributed by atoms with Crippen LogP contribution in [0.4, 0.5) is 0 Å². The van der Waals surface area contributed by atoms with Crippen LogP contribution in [0.5, 0.6) is 0 Å². The maximum Gasteiger partial charge on any atom is 0.309 e. The third-order valence-corrected chi connectivity index (χ3v) is 5.23. The number of benzene rings is 2. The summed E-state index contributed by atoms with van der Waals surface area (Å²) < 4.78 is 5.32. The lowest BCUT2D eigenvalue weighted by atomic mass is 9.84. The molecule has 0 N–H and O–H groups in total. The van der Waals surface area contributed by atoms with E-state index in [1.54, 1.807) is 6.07 Å². The predicted molar refractivity (Wildman–Crippen MR) is 93.0 cm³/mol. The number of hydrogen-bond acceptors (Lipinski definition) is 2. The van der Waals surface area contributed by atoms with Crippen molar-refractivity contribution in [2.45, 2.75) is 19.8 Å². The first-order valence-corrected chi connectivity index (χ1v) is 8.45. The highest BCUT2D eigenvalue weighted by atomic mass is 35.5. The van der Waals surface area contributed by atoms with Gasteiger partial charge in [-0.1, -0.05) is 53.5 Å². The first-order valence-electron chi connectivity index (χ1n) is 7.69. The summed E-state index contributed by atoms with van der Waals surface area (Å²) in [6.07, 6.45) is 1.48. The largest absolute Gasteiger partial charge is 0.465 e. The molecule has 0 radical (unpaired) electrons. The van der Waals surface area contributed by atoms with E-state index < -0.39 is 0 Å². The lowest BCUT2D eigenvalue weighted by Crippen LogP contribution is -2.21. The summed E-state index contributed by atoms with van der Waals surface area (Å²) in [4.78, 5) is 12.1. The fraction of sp³-hybridized carbons (Fsp3) is 0.316. The summed E-state index contributed by atoms with van der Waals surface area (Å²) in [5.74, 6) is -0.0560. The third kappa shape index (κ3) is 3.70. The highest BCUT2D eigenvalue weighted by Crippen LogP contribution is 2.31. The van der Waals surface area contributed by atoms with Crippen molar-refractivity contribution in [3.8, 4) is 0 Å². The monoisotopic (exact) mass is 348 g/mol.